The molecule has 0 fully saturated rings. The van der Waals surface area contributed by atoms with E-state index in [-0.39, 0.29) is 0 Å². The first-order chi connectivity index (χ1) is 6.29. The molecule has 0 saturated heterocycles. The molecule has 0 spiro atoms. The molecular weight excluding hydrogens is 162 g/mol. The summed E-state index contributed by atoms with van der Waals surface area (Å²) in [5.74, 6) is 0. The summed E-state index contributed by atoms with van der Waals surface area (Å²) in [6.07, 6.45) is 3.39. The highest BCUT2D eigenvalue weighted by atomic mass is 15.1. The second-order valence-electron chi connectivity index (χ2n) is 3.41. The van der Waals surface area contributed by atoms with Gasteiger partial charge in [-0.05, 0) is 45.4 Å². The molecule has 0 aromatic rings. The van der Waals surface area contributed by atoms with Gasteiger partial charge in [-0.15, -0.1) is 0 Å². The summed E-state index contributed by atoms with van der Waals surface area (Å²) in [7, 11) is 0. The minimum Gasteiger partial charge on any atom is -0.330 e. The third-order valence-electron chi connectivity index (χ3n) is 2.54. The van der Waals surface area contributed by atoms with Crippen molar-refractivity contribution in [3.8, 4) is 0 Å². The summed E-state index contributed by atoms with van der Waals surface area (Å²) in [6, 6.07) is 0.654. The van der Waals surface area contributed by atoms with Gasteiger partial charge in [0, 0.05) is 6.04 Å². The van der Waals surface area contributed by atoms with Crippen molar-refractivity contribution in [2.75, 3.05) is 26.2 Å². The van der Waals surface area contributed by atoms with Gasteiger partial charge in [0.25, 0.3) is 0 Å². The maximum absolute atomic E-state index is 5.57. The van der Waals surface area contributed by atoms with Crippen LogP contribution < -0.4 is 11.5 Å². The second-order valence-corrected chi connectivity index (χ2v) is 3.41. The monoisotopic (exact) mass is 187 g/mol. The lowest BCUT2D eigenvalue weighted by atomic mass is 10.1. The molecule has 3 heteroatoms. The van der Waals surface area contributed by atoms with Crippen molar-refractivity contribution in [2.45, 2.75) is 39.2 Å². The second kappa shape index (κ2) is 8.48. The van der Waals surface area contributed by atoms with Crippen LogP contribution in [0.3, 0.4) is 0 Å². The predicted octanol–water partition coefficient (Wildman–Crippen LogP) is 0.785. The van der Waals surface area contributed by atoms with Crippen LogP contribution in [0.4, 0.5) is 0 Å². The first-order valence-corrected chi connectivity index (χ1v) is 5.44. The molecule has 3 nitrogen and oxygen atoms in total. The molecule has 0 saturated carbocycles. The van der Waals surface area contributed by atoms with E-state index in [1.165, 1.54) is 6.42 Å². The molecule has 0 heterocycles. The zero-order valence-corrected chi connectivity index (χ0v) is 9.13. The van der Waals surface area contributed by atoms with Gasteiger partial charge in [0.05, 0.1) is 0 Å². The molecule has 0 aliphatic heterocycles. The standard InChI is InChI=1S/C10H25N3/c1-3-10(6-8-12)13(4-2)9-5-7-11/h10H,3-9,11-12H2,1-2H3. The summed E-state index contributed by atoms with van der Waals surface area (Å²) in [4.78, 5) is 2.49. The maximum atomic E-state index is 5.57. The minimum absolute atomic E-state index is 0.654. The SMILES string of the molecule is CCC(CCN)N(CC)CCCN. The molecular formula is C10H25N3. The highest BCUT2D eigenvalue weighted by molar-refractivity contribution is 4.69. The smallest absolute Gasteiger partial charge is 0.0104 e. The maximum Gasteiger partial charge on any atom is 0.0104 e. The van der Waals surface area contributed by atoms with Crippen LogP contribution in [0.25, 0.3) is 0 Å². The predicted molar refractivity (Wildman–Crippen MR) is 58.7 cm³/mol. The molecule has 1 unspecified atom stereocenters. The molecule has 0 aromatic carbocycles. The summed E-state index contributed by atoms with van der Waals surface area (Å²) in [5, 5.41) is 0. The molecule has 0 amide bonds. The van der Waals surface area contributed by atoms with Crippen LogP contribution in [0.2, 0.25) is 0 Å². The molecule has 0 aliphatic carbocycles. The lowest BCUT2D eigenvalue weighted by Crippen LogP contribution is -2.37. The van der Waals surface area contributed by atoms with Crippen LogP contribution in [0.5, 0.6) is 0 Å². The molecule has 0 aromatic heterocycles. The van der Waals surface area contributed by atoms with E-state index in [2.05, 4.69) is 18.7 Å². The molecule has 1 atom stereocenters. The Hall–Kier alpha value is -0.120. The third kappa shape index (κ3) is 5.24. The minimum atomic E-state index is 0.654. The van der Waals surface area contributed by atoms with E-state index in [1.807, 2.05) is 0 Å². The number of hydrogen-bond donors (Lipinski definition) is 2. The van der Waals surface area contributed by atoms with E-state index in [4.69, 9.17) is 11.5 Å². The van der Waals surface area contributed by atoms with Crippen molar-refractivity contribution >= 4 is 0 Å². The van der Waals surface area contributed by atoms with Crippen LogP contribution in [-0.2, 0) is 0 Å². The van der Waals surface area contributed by atoms with Crippen LogP contribution in [0, 0.1) is 0 Å². The summed E-state index contributed by atoms with van der Waals surface area (Å²) in [5.41, 5.74) is 11.1. The quantitative estimate of drug-likeness (QED) is 0.590. The Balaban J connectivity index is 3.84. The van der Waals surface area contributed by atoms with Crippen molar-refractivity contribution in [1.82, 2.24) is 4.90 Å². The van der Waals surface area contributed by atoms with Gasteiger partial charge < -0.3 is 16.4 Å². The highest BCUT2D eigenvalue weighted by Crippen LogP contribution is 2.07. The molecule has 0 bridgehead atoms. The molecule has 0 rings (SSSR count). The zero-order valence-electron chi connectivity index (χ0n) is 9.13. The van der Waals surface area contributed by atoms with E-state index < -0.39 is 0 Å². The lowest BCUT2D eigenvalue weighted by molar-refractivity contribution is 0.191. The van der Waals surface area contributed by atoms with Gasteiger partial charge in [-0.2, -0.15) is 0 Å². The van der Waals surface area contributed by atoms with Crippen molar-refractivity contribution in [1.29, 1.82) is 0 Å². The lowest BCUT2D eigenvalue weighted by Gasteiger charge is -2.29. The van der Waals surface area contributed by atoms with Crippen LogP contribution >= 0.6 is 0 Å². The molecule has 0 aliphatic rings. The van der Waals surface area contributed by atoms with Crippen LogP contribution in [0.15, 0.2) is 0 Å². The van der Waals surface area contributed by atoms with E-state index in [9.17, 15) is 0 Å². The van der Waals surface area contributed by atoms with Crippen molar-refractivity contribution in [3.63, 3.8) is 0 Å². The fraction of sp³-hybridized carbons (Fsp3) is 1.00. The van der Waals surface area contributed by atoms with Gasteiger partial charge >= 0.3 is 0 Å². The molecule has 13 heavy (non-hydrogen) atoms. The Morgan fingerprint density at radius 2 is 1.85 bits per heavy atom. The van der Waals surface area contributed by atoms with Crippen molar-refractivity contribution < 1.29 is 0 Å². The number of nitrogens with zero attached hydrogens (tertiary/aromatic N) is 1. The van der Waals surface area contributed by atoms with Gasteiger partial charge in [0.15, 0.2) is 0 Å². The summed E-state index contributed by atoms with van der Waals surface area (Å²) in [6.45, 7) is 8.23. The highest BCUT2D eigenvalue weighted by Gasteiger charge is 2.12. The normalized spacial score (nSPS) is 13.6. The average molecular weight is 187 g/mol. The molecule has 80 valence electrons. The third-order valence-corrected chi connectivity index (χ3v) is 2.54. The van der Waals surface area contributed by atoms with Gasteiger partial charge in [-0.25, -0.2) is 0 Å². The Bertz CT molecular complexity index is 106. The Morgan fingerprint density at radius 3 is 2.23 bits per heavy atom. The number of nitrogens with two attached hydrogens (primary N) is 2. The number of rotatable bonds is 8. The van der Waals surface area contributed by atoms with Crippen LogP contribution in [-0.4, -0.2) is 37.1 Å². The molecule has 0 radical (unpaired) electrons. The fourth-order valence-corrected chi connectivity index (χ4v) is 1.73. The average Bonchev–Trinajstić information content (AvgIpc) is 2.17. The van der Waals surface area contributed by atoms with Gasteiger partial charge in [0.2, 0.25) is 0 Å². The first-order valence-electron chi connectivity index (χ1n) is 5.44. The van der Waals surface area contributed by atoms with E-state index in [1.54, 1.807) is 0 Å². The van der Waals surface area contributed by atoms with E-state index >= 15 is 0 Å². The summed E-state index contributed by atoms with van der Waals surface area (Å²) < 4.78 is 0. The Kier molecular flexibility index (Phi) is 8.40. The van der Waals surface area contributed by atoms with Gasteiger partial charge in [0.1, 0.15) is 0 Å². The van der Waals surface area contributed by atoms with Gasteiger partial charge in [-0.1, -0.05) is 13.8 Å². The summed E-state index contributed by atoms with van der Waals surface area (Å²) >= 11 is 0. The van der Waals surface area contributed by atoms with E-state index in [0.717, 1.165) is 39.0 Å². The van der Waals surface area contributed by atoms with Crippen molar-refractivity contribution in [2.24, 2.45) is 11.5 Å². The first kappa shape index (κ1) is 12.9. The topological polar surface area (TPSA) is 55.3 Å². The Morgan fingerprint density at radius 1 is 1.15 bits per heavy atom. The fourth-order valence-electron chi connectivity index (χ4n) is 1.73. The number of hydrogen-bond acceptors (Lipinski definition) is 3. The van der Waals surface area contributed by atoms with E-state index in [0.29, 0.717) is 6.04 Å². The largest absolute Gasteiger partial charge is 0.330 e. The van der Waals surface area contributed by atoms with Crippen molar-refractivity contribution in [3.05, 3.63) is 0 Å². The Labute approximate surface area is 82.5 Å². The van der Waals surface area contributed by atoms with Crippen LogP contribution in [0.1, 0.15) is 33.1 Å². The zero-order chi connectivity index (χ0) is 10.1. The molecule has 4 N–H and O–H groups in total. The van der Waals surface area contributed by atoms with Gasteiger partial charge in [-0.3, -0.25) is 0 Å².